The van der Waals surface area contributed by atoms with Crippen molar-refractivity contribution in [3.8, 4) is 0 Å². The molecule has 1 heterocycles. The maximum atomic E-state index is 10.5. The lowest BCUT2D eigenvalue weighted by atomic mass is 10.5. The Morgan fingerprint density at radius 2 is 2.35 bits per heavy atom. The molecular formula is C10H18N4O3. The quantitative estimate of drug-likeness (QED) is 0.623. The Balaban J connectivity index is 2.11. The lowest BCUT2D eigenvalue weighted by Gasteiger charge is -2.08. The molecule has 0 aromatic carbocycles. The number of carbonyl (C=O) groups is 1. The summed E-state index contributed by atoms with van der Waals surface area (Å²) in [7, 11) is 0. The number of nitrogens with one attached hydrogen (secondary N) is 1. The second-order valence-corrected chi connectivity index (χ2v) is 3.84. The average molecular weight is 242 g/mol. The molecule has 1 aromatic rings. The van der Waals surface area contributed by atoms with Crippen LogP contribution in [0.25, 0.3) is 0 Å². The van der Waals surface area contributed by atoms with Crippen LogP contribution in [-0.4, -0.2) is 51.9 Å². The van der Waals surface area contributed by atoms with Crippen LogP contribution in [0.3, 0.4) is 0 Å². The predicted molar refractivity (Wildman–Crippen MR) is 60.9 cm³/mol. The number of nitrogens with zero attached hydrogens (tertiary/aromatic N) is 3. The SMILES string of the molecule is CC(C)OCCNCCn1cc(C(=O)O)nn1. The molecule has 0 fully saturated rings. The summed E-state index contributed by atoms with van der Waals surface area (Å²) >= 11 is 0. The van der Waals surface area contributed by atoms with E-state index in [2.05, 4.69) is 15.6 Å². The summed E-state index contributed by atoms with van der Waals surface area (Å²) in [6, 6.07) is 0. The number of hydrogen-bond donors (Lipinski definition) is 2. The van der Waals surface area contributed by atoms with Gasteiger partial charge < -0.3 is 15.2 Å². The van der Waals surface area contributed by atoms with Gasteiger partial charge >= 0.3 is 5.97 Å². The molecule has 0 radical (unpaired) electrons. The van der Waals surface area contributed by atoms with Crippen LogP contribution in [0.5, 0.6) is 0 Å². The summed E-state index contributed by atoms with van der Waals surface area (Å²) in [5.74, 6) is -1.06. The molecule has 0 aliphatic heterocycles. The first-order chi connectivity index (χ1) is 8.09. The third-order valence-corrected chi connectivity index (χ3v) is 2.01. The number of carboxylic acids is 1. The van der Waals surface area contributed by atoms with Crippen molar-refractivity contribution >= 4 is 5.97 Å². The fourth-order valence-electron chi connectivity index (χ4n) is 1.19. The van der Waals surface area contributed by atoms with Gasteiger partial charge in [0, 0.05) is 13.1 Å². The van der Waals surface area contributed by atoms with Crippen LogP contribution in [0.2, 0.25) is 0 Å². The van der Waals surface area contributed by atoms with Crippen LogP contribution in [0, 0.1) is 0 Å². The molecule has 0 bridgehead atoms. The van der Waals surface area contributed by atoms with Gasteiger partial charge in [0.1, 0.15) is 0 Å². The molecular weight excluding hydrogens is 224 g/mol. The number of carboxylic acid groups (broad SMARTS) is 1. The summed E-state index contributed by atoms with van der Waals surface area (Å²) in [6.45, 7) is 6.69. The van der Waals surface area contributed by atoms with Crippen LogP contribution in [0.15, 0.2) is 6.20 Å². The van der Waals surface area contributed by atoms with Gasteiger partial charge in [0.05, 0.1) is 25.5 Å². The second kappa shape index (κ2) is 6.97. The number of aromatic carboxylic acids is 1. The lowest BCUT2D eigenvalue weighted by molar-refractivity contribution is 0.0690. The first kappa shape index (κ1) is 13.6. The Morgan fingerprint density at radius 3 is 2.94 bits per heavy atom. The van der Waals surface area contributed by atoms with E-state index in [1.54, 1.807) is 0 Å². The Bertz CT molecular complexity index is 351. The minimum absolute atomic E-state index is 0.0341. The topological polar surface area (TPSA) is 89.3 Å². The van der Waals surface area contributed by atoms with E-state index in [4.69, 9.17) is 9.84 Å². The van der Waals surface area contributed by atoms with E-state index in [-0.39, 0.29) is 11.8 Å². The molecule has 0 aliphatic carbocycles. The monoisotopic (exact) mass is 242 g/mol. The first-order valence-electron chi connectivity index (χ1n) is 5.55. The molecule has 1 aromatic heterocycles. The van der Waals surface area contributed by atoms with E-state index >= 15 is 0 Å². The molecule has 0 amide bonds. The Kier molecular flexibility index (Phi) is 5.58. The van der Waals surface area contributed by atoms with Gasteiger partial charge in [-0.05, 0) is 13.8 Å². The van der Waals surface area contributed by atoms with Crippen molar-refractivity contribution in [1.29, 1.82) is 0 Å². The molecule has 96 valence electrons. The number of ether oxygens (including phenoxy) is 1. The molecule has 2 N–H and O–H groups in total. The van der Waals surface area contributed by atoms with Crippen molar-refractivity contribution in [2.75, 3.05) is 19.7 Å². The van der Waals surface area contributed by atoms with Gasteiger partial charge in [-0.3, -0.25) is 4.68 Å². The maximum absolute atomic E-state index is 10.5. The van der Waals surface area contributed by atoms with Crippen LogP contribution in [0.4, 0.5) is 0 Å². The molecule has 0 saturated heterocycles. The maximum Gasteiger partial charge on any atom is 0.358 e. The van der Waals surface area contributed by atoms with E-state index in [1.807, 2.05) is 13.8 Å². The summed E-state index contributed by atoms with van der Waals surface area (Å²) in [6.07, 6.45) is 1.65. The predicted octanol–water partition coefficient (Wildman–Crippen LogP) is -0.00910. The fraction of sp³-hybridized carbons (Fsp3) is 0.700. The molecule has 7 nitrogen and oxygen atoms in total. The molecule has 0 unspecified atom stereocenters. The standard InChI is InChI=1S/C10H18N4O3/c1-8(2)17-6-4-11-3-5-14-7-9(10(15)16)12-13-14/h7-8,11H,3-6H2,1-2H3,(H,15,16). The van der Waals surface area contributed by atoms with E-state index in [0.29, 0.717) is 19.7 Å². The van der Waals surface area contributed by atoms with Crippen molar-refractivity contribution in [2.24, 2.45) is 0 Å². The molecule has 1 rings (SSSR count). The van der Waals surface area contributed by atoms with Gasteiger partial charge in [0.15, 0.2) is 5.69 Å². The van der Waals surface area contributed by atoms with Crippen molar-refractivity contribution < 1.29 is 14.6 Å². The van der Waals surface area contributed by atoms with E-state index in [1.165, 1.54) is 10.9 Å². The summed E-state index contributed by atoms with van der Waals surface area (Å²) in [4.78, 5) is 10.5. The zero-order valence-corrected chi connectivity index (χ0v) is 10.1. The number of aromatic nitrogens is 3. The molecule has 17 heavy (non-hydrogen) atoms. The number of rotatable bonds is 8. The van der Waals surface area contributed by atoms with E-state index in [9.17, 15) is 4.79 Å². The minimum Gasteiger partial charge on any atom is -0.476 e. The highest BCUT2D eigenvalue weighted by Crippen LogP contribution is 1.91. The second-order valence-electron chi connectivity index (χ2n) is 3.84. The van der Waals surface area contributed by atoms with Gasteiger partial charge in [0.25, 0.3) is 0 Å². The first-order valence-corrected chi connectivity index (χ1v) is 5.55. The highest BCUT2D eigenvalue weighted by molar-refractivity contribution is 5.84. The van der Waals surface area contributed by atoms with Crippen LogP contribution < -0.4 is 5.32 Å². The summed E-state index contributed by atoms with van der Waals surface area (Å²) in [5, 5.41) is 19.0. The van der Waals surface area contributed by atoms with Crippen molar-refractivity contribution in [2.45, 2.75) is 26.5 Å². The van der Waals surface area contributed by atoms with Crippen molar-refractivity contribution in [3.63, 3.8) is 0 Å². The fourth-order valence-corrected chi connectivity index (χ4v) is 1.19. The molecule has 0 saturated carbocycles. The summed E-state index contributed by atoms with van der Waals surface area (Å²) in [5.41, 5.74) is -0.0341. The smallest absolute Gasteiger partial charge is 0.358 e. The molecule has 0 aliphatic rings. The van der Waals surface area contributed by atoms with Gasteiger partial charge in [-0.1, -0.05) is 5.21 Å². The molecule has 7 heteroatoms. The average Bonchev–Trinajstić information content (AvgIpc) is 2.71. The van der Waals surface area contributed by atoms with Gasteiger partial charge in [-0.2, -0.15) is 0 Å². The zero-order valence-electron chi connectivity index (χ0n) is 10.1. The molecule has 0 spiro atoms. The zero-order chi connectivity index (χ0) is 12.7. The number of hydrogen-bond acceptors (Lipinski definition) is 5. The Labute approximate surface area is 99.8 Å². The Morgan fingerprint density at radius 1 is 1.59 bits per heavy atom. The third-order valence-electron chi connectivity index (χ3n) is 2.01. The summed E-state index contributed by atoms with van der Waals surface area (Å²) < 4.78 is 6.85. The van der Waals surface area contributed by atoms with E-state index in [0.717, 1.165) is 6.54 Å². The minimum atomic E-state index is -1.06. The molecule has 0 atom stereocenters. The lowest BCUT2D eigenvalue weighted by Crippen LogP contribution is -2.25. The van der Waals surface area contributed by atoms with Crippen molar-refractivity contribution in [3.05, 3.63) is 11.9 Å². The third kappa shape index (κ3) is 5.41. The highest BCUT2D eigenvalue weighted by atomic mass is 16.5. The van der Waals surface area contributed by atoms with Gasteiger partial charge in [-0.25, -0.2) is 4.79 Å². The van der Waals surface area contributed by atoms with Gasteiger partial charge in [0.2, 0.25) is 0 Å². The normalized spacial score (nSPS) is 11.0. The van der Waals surface area contributed by atoms with Crippen molar-refractivity contribution in [1.82, 2.24) is 20.3 Å². The van der Waals surface area contributed by atoms with Gasteiger partial charge in [-0.15, -0.1) is 5.10 Å². The van der Waals surface area contributed by atoms with Crippen LogP contribution in [-0.2, 0) is 11.3 Å². The van der Waals surface area contributed by atoms with Crippen LogP contribution in [0.1, 0.15) is 24.3 Å². The largest absolute Gasteiger partial charge is 0.476 e. The highest BCUT2D eigenvalue weighted by Gasteiger charge is 2.07. The Hall–Kier alpha value is -1.47. The van der Waals surface area contributed by atoms with Crippen LogP contribution >= 0.6 is 0 Å². The van der Waals surface area contributed by atoms with E-state index < -0.39 is 5.97 Å².